The Hall–Kier alpha value is -0.750. The van der Waals surface area contributed by atoms with Crippen LogP contribution in [0.4, 0.5) is 0 Å². The number of aliphatic hydroxyl groups excluding tert-OH is 1. The van der Waals surface area contributed by atoms with Crippen LogP contribution in [0.1, 0.15) is 26.7 Å². The van der Waals surface area contributed by atoms with Gasteiger partial charge in [0.2, 0.25) is 0 Å². The Kier molecular flexibility index (Phi) is 3.82. The van der Waals surface area contributed by atoms with E-state index >= 15 is 0 Å². The van der Waals surface area contributed by atoms with Crippen molar-refractivity contribution in [2.75, 3.05) is 6.61 Å². The summed E-state index contributed by atoms with van der Waals surface area (Å²) in [5, 5.41) is 19.6. The summed E-state index contributed by atoms with van der Waals surface area (Å²) in [5.74, 6) is 0. The average molecular weight is 142 g/mol. The summed E-state index contributed by atoms with van der Waals surface area (Å²) in [5.41, 5.74) is -0.219. The van der Waals surface area contributed by atoms with E-state index in [4.69, 9.17) is 10.4 Å². The van der Waals surface area contributed by atoms with Gasteiger partial charge in [-0.2, -0.15) is 5.26 Å². The Morgan fingerprint density at radius 2 is 2.30 bits per heavy atom. The molecule has 0 fully saturated rings. The van der Waals surface area contributed by atoms with Crippen molar-refractivity contribution in [3.63, 3.8) is 0 Å². The molecule has 1 unspecified atom stereocenters. The average Bonchev–Trinajstić information content (AvgIpc) is 1.89. The van der Waals surface area contributed by atoms with E-state index in [1.165, 1.54) is 0 Å². The molecule has 0 saturated heterocycles. The van der Waals surface area contributed by atoms with Gasteiger partial charge < -0.3 is 10.4 Å². The molecule has 0 aliphatic rings. The first-order chi connectivity index (χ1) is 4.68. The van der Waals surface area contributed by atoms with Gasteiger partial charge in [-0.25, -0.2) is 0 Å². The van der Waals surface area contributed by atoms with Crippen molar-refractivity contribution in [1.82, 2.24) is 5.32 Å². The van der Waals surface area contributed by atoms with Crippen LogP contribution < -0.4 is 5.32 Å². The van der Waals surface area contributed by atoms with Crippen LogP contribution in [-0.4, -0.2) is 17.3 Å². The van der Waals surface area contributed by atoms with Gasteiger partial charge in [0, 0.05) is 12.1 Å². The summed E-state index contributed by atoms with van der Waals surface area (Å²) in [6.07, 6.45) is 3.35. The molecule has 58 valence electrons. The lowest BCUT2D eigenvalue weighted by atomic mass is 9.95. The highest BCUT2D eigenvalue weighted by molar-refractivity contribution is 4.87. The zero-order valence-electron chi connectivity index (χ0n) is 6.52. The SMILES string of the molecule is CCC(C)(CCO)NC#N. The Morgan fingerprint density at radius 1 is 1.70 bits per heavy atom. The van der Waals surface area contributed by atoms with Crippen LogP contribution in [0.3, 0.4) is 0 Å². The topological polar surface area (TPSA) is 56.0 Å². The molecule has 0 spiro atoms. The second-order valence-corrected chi connectivity index (χ2v) is 2.62. The summed E-state index contributed by atoms with van der Waals surface area (Å²) < 4.78 is 0. The standard InChI is InChI=1S/C7H14N2O/c1-3-7(2,4-5-10)9-6-8/h9-10H,3-5H2,1-2H3. The molecule has 0 aromatic heterocycles. The summed E-state index contributed by atoms with van der Waals surface area (Å²) in [4.78, 5) is 0. The summed E-state index contributed by atoms with van der Waals surface area (Å²) in [6.45, 7) is 4.03. The first kappa shape index (κ1) is 9.25. The van der Waals surface area contributed by atoms with E-state index in [1.807, 2.05) is 20.0 Å². The molecule has 0 radical (unpaired) electrons. The molecule has 10 heavy (non-hydrogen) atoms. The zero-order valence-corrected chi connectivity index (χ0v) is 6.52. The van der Waals surface area contributed by atoms with Crippen molar-refractivity contribution >= 4 is 0 Å². The molecule has 3 heteroatoms. The molecule has 0 aromatic rings. The molecule has 0 saturated carbocycles. The van der Waals surface area contributed by atoms with Gasteiger partial charge in [0.15, 0.2) is 6.19 Å². The number of aliphatic hydroxyl groups is 1. The number of hydrogen-bond acceptors (Lipinski definition) is 3. The Morgan fingerprint density at radius 3 is 2.60 bits per heavy atom. The van der Waals surface area contributed by atoms with Crippen molar-refractivity contribution in [3.05, 3.63) is 0 Å². The molecule has 0 rings (SSSR count). The van der Waals surface area contributed by atoms with Gasteiger partial charge in [0.1, 0.15) is 0 Å². The lowest BCUT2D eigenvalue weighted by molar-refractivity contribution is 0.229. The van der Waals surface area contributed by atoms with Crippen molar-refractivity contribution < 1.29 is 5.11 Å². The summed E-state index contributed by atoms with van der Waals surface area (Å²) >= 11 is 0. The van der Waals surface area contributed by atoms with E-state index in [-0.39, 0.29) is 12.1 Å². The van der Waals surface area contributed by atoms with E-state index in [0.29, 0.717) is 6.42 Å². The van der Waals surface area contributed by atoms with Crippen molar-refractivity contribution in [3.8, 4) is 6.19 Å². The Balaban J connectivity index is 3.84. The minimum atomic E-state index is -0.219. The Labute approximate surface area is 61.7 Å². The van der Waals surface area contributed by atoms with E-state index in [0.717, 1.165) is 6.42 Å². The van der Waals surface area contributed by atoms with Crippen LogP contribution in [0.15, 0.2) is 0 Å². The number of nitriles is 1. The maximum Gasteiger partial charge on any atom is 0.177 e. The Bertz CT molecular complexity index is 130. The number of nitrogens with one attached hydrogen (secondary N) is 1. The van der Waals surface area contributed by atoms with Gasteiger partial charge in [0.05, 0.1) is 0 Å². The van der Waals surface area contributed by atoms with Crippen LogP contribution in [0.25, 0.3) is 0 Å². The lowest BCUT2D eigenvalue weighted by Gasteiger charge is -2.25. The molecule has 0 bridgehead atoms. The first-order valence-electron chi connectivity index (χ1n) is 3.45. The van der Waals surface area contributed by atoms with Crippen molar-refractivity contribution in [2.24, 2.45) is 0 Å². The van der Waals surface area contributed by atoms with Gasteiger partial charge in [-0.1, -0.05) is 6.92 Å². The molecular weight excluding hydrogens is 128 g/mol. The highest BCUT2D eigenvalue weighted by atomic mass is 16.3. The minimum absolute atomic E-state index is 0.124. The predicted octanol–water partition coefficient (Wildman–Crippen LogP) is 0.608. The van der Waals surface area contributed by atoms with Crippen LogP contribution >= 0.6 is 0 Å². The van der Waals surface area contributed by atoms with Gasteiger partial charge >= 0.3 is 0 Å². The maximum atomic E-state index is 8.61. The highest BCUT2D eigenvalue weighted by Crippen LogP contribution is 2.12. The molecule has 0 aromatic carbocycles. The smallest absolute Gasteiger partial charge is 0.177 e. The molecular formula is C7H14N2O. The third kappa shape index (κ3) is 2.70. The number of rotatable bonds is 4. The summed E-state index contributed by atoms with van der Waals surface area (Å²) in [6, 6.07) is 0. The summed E-state index contributed by atoms with van der Waals surface area (Å²) in [7, 11) is 0. The largest absolute Gasteiger partial charge is 0.396 e. The van der Waals surface area contributed by atoms with Crippen molar-refractivity contribution in [1.29, 1.82) is 5.26 Å². The fraction of sp³-hybridized carbons (Fsp3) is 0.857. The molecule has 0 amide bonds. The van der Waals surface area contributed by atoms with Crippen LogP contribution in [-0.2, 0) is 0 Å². The quantitative estimate of drug-likeness (QED) is 0.446. The third-order valence-corrected chi connectivity index (χ3v) is 1.80. The molecule has 1 atom stereocenters. The van der Waals surface area contributed by atoms with Crippen LogP contribution in [0, 0.1) is 11.5 Å². The molecule has 0 aliphatic heterocycles. The fourth-order valence-corrected chi connectivity index (χ4v) is 0.709. The predicted molar refractivity (Wildman–Crippen MR) is 39.1 cm³/mol. The second-order valence-electron chi connectivity index (χ2n) is 2.62. The van der Waals surface area contributed by atoms with Gasteiger partial charge in [0.25, 0.3) is 0 Å². The van der Waals surface area contributed by atoms with E-state index in [2.05, 4.69) is 5.32 Å². The first-order valence-corrected chi connectivity index (χ1v) is 3.45. The van der Waals surface area contributed by atoms with E-state index in [9.17, 15) is 0 Å². The van der Waals surface area contributed by atoms with Gasteiger partial charge in [-0.15, -0.1) is 0 Å². The molecule has 2 N–H and O–H groups in total. The lowest BCUT2D eigenvalue weighted by Crippen LogP contribution is -2.39. The van der Waals surface area contributed by atoms with Crippen molar-refractivity contribution in [2.45, 2.75) is 32.2 Å². The zero-order chi connectivity index (χ0) is 8.04. The van der Waals surface area contributed by atoms with Gasteiger partial charge in [-0.3, -0.25) is 0 Å². The van der Waals surface area contributed by atoms with Gasteiger partial charge in [-0.05, 0) is 19.8 Å². The highest BCUT2D eigenvalue weighted by Gasteiger charge is 2.19. The molecule has 0 heterocycles. The third-order valence-electron chi connectivity index (χ3n) is 1.80. The molecule has 3 nitrogen and oxygen atoms in total. The molecule has 0 aliphatic carbocycles. The minimum Gasteiger partial charge on any atom is -0.396 e. The van der Waals surface area contributed by atoms with Crippen LogP contribution in [0.5, 0.6) is 0 Å². The van der Waals surface area contributed by atoms with E-state index < -0.39 is 0 Å². The number of nitrogens with zero attached hydrogens (tertiary/aromatic N) is 1. The van der Waals surface area contributed by atoms with Crippen LogP contribution in [0.2, 0.25) is 0 Å². The fourth-order valence-electron chi connectivity index (χ4n) is 0.709. The maximum absolute atomic E-state index is 8.61. The second kappa shape index (κ2) is 4.13. The number of hydrogen-bond donors (Lipinski definition) is 2. The normalized spacial score (nSPS) is 15.4. The monoisotopic (exact) mass is 142 g/mol. The van der Waals surface area contributed by atoms with E-state index in [1.54, 1.807) is 0 Å².